The lowest BCUT2D eigenvalue weighted by Gasteiger charge is -2.17. The highest BCUT2D eigenvalue weighted by molar-refractivity contribution is 7.70. The van der Waals surface area contributed by atoms with Crippen LogP contribution in [0.3, 0.4) is 0 Å². The average molecular weight is 296 g/mol. The van der Waals surface area contributed by atoms with Gasteiger partial charge in [0.25, 0.3) is 0 Å². The maximum atomic E-state index is 10.7. The first-order valence-electron chi connectivity index (χ1n) is 3.67. The van der Waals surface area contributed by atoms with Gasteiger partial charge in [-0.25, -0.2) is 0 Å². The van der Waals surface area contributed by atoms with Crippen molar-refractivity contribution in [1.29, 1.82) is 0 Å². The van der Waals surface area contributed by atoms with Gasteiger partial charge < -0.3 is 29.4 Å². The van der Waals surface area contributed by atoms with Gasteiger partial charge in [-0.05, 0) is 6.42 Å². The van der Waals surface area contributed by atoms with Gasteiger partial charge in [0, 0.05) is 5.82 Å². The lowest BCUT2D eigenvalue weighted by Crippen LogP contribution is -2.07. The summed E-state index contributed by atoms with van der Waals surface area (Å²) >= 11 is 0. The minimum atomic E-state index is -5.05. The fourth-order valence-corrected chi connectivity index (χ4v) is 3.55. The van der Waals surface area contributed by atoms with E-state index in [1.807, 2.05) is 0 Å². The fraction of sp³-hybridized carbons (Fsp3) is 0.500. The van der Waals surface area contributed by atoms with Crippen LogP contribution < -0.4 is 0 Å². The molecule has 0 fully saturated rings. The highest BCUT2D eigenvalue weighted by Gasteiger charge is 2.42. The van der Waals surface area contributed by atoms with Crippen LogP contribution in [0.4, 0.5) is 0 Å². The van der Waals surface area contributed by atoms with Gasteiger partial charge in [-0.3, -0.25) is 13.7 Å². The smallest absolute Gasteiger partial charge is 0.324 e. The molecule has 0 unspecified atom stereocenters. The summed E-state index contributed by atoms with van der Waals surface area (Å²) in [5, 5.41) is -2.29. The van der Waals surface area contributed by atoms with E-state index in [1.54, 1.807) is 0 Å². The van der Waals surface area contributed by atoms with Crippen molar-refractivity contribution in [2.75, 3.05) is 0 Å². The predicted molar refractivity (Wildman–Crippen MR) is 53.7 cm³/mol. The van der Waals surface area contributed by atoms with Gasteiger partial charge in [-0.1, -0.05) is 6.08 Å². The van der Waals surface area contributed by atoms with Crippen LogP contribution in [0.15, 0.2) is 11.9 Å². The maximum absolute atomic E-state index is 10.7. The number of hydrogen-bond acceptors (Lipinski definition) is 3. The Morgan fingerprint density at radius 3 is 1.50 bits per heavy atom. The van der Waals surface area contributed by atoms with Crippen molar-refractivity contribution in [3.8, 4) is 0 Å². The predicted octanol–water partition coefficient (Wildman–Crippen LogP) is -0.251. The molecule has 0 saturated carbocycles. The molecule has 0 aromatic rings. The molecule has 0 amide bonds. The SMILES string of the molecule is O=P(O)(O)/C=C/CC(P(=O)(O)O)P(=O)(O)O. The first kappa shape index (κ1) is 16.2. The summed E-state index contributed by atoms with van der Waals surface area (Å²) in [6, 6.07) is 0. The Bertz CT molecular complexity index is 373. The Hall–Kier alpha value is 0.190. The molecule has 0 aliphatic heterocycles. The molecule has 0 aliphatic carbocycles. The molecule has 0 bridgehead atoms. The van der Waals surface area contributed by atoms with Gasteiger partial charge in [-0.15, -0.1) is 0 Å². The van der Waals surface area contributed by atoms with E-state index in [0.717, 1.165) is 0 Å². The van der Waals surface area contributed by atoms with Crippen LogP contribution in [0.1, 0.15) is 6.42 Å². The molecule has 9 nitrogen and oxygen atoms in total. The minimum absolute atomic E-state index is 0.325. The van der Waals surface area contributed by atoms with Crippen molar-refractivity contribution in [2.24, 2.45) is 0 Å². The van der Waals surface area contributed by atoms with E-state index in [1.165, 1.54) is 0 Å². The maximum Gasteiger partial charge on any atom is 0.348 e. The van der Waals surface area contributed by atoms with Gasteiger partial charge in [0.15, 0.2) is 5.40 Å². The molecule has 0 spiro atoms. The van der Waals surface area contributed by atoms with Crippen molar-refractivity contribution in [3.05, 3.63) is 11.9 Å². The lowest BCUT2D eigenvalue weighted by molar-refractivity contribution is 0.338. The molecule has 0 heterocycles. The van der Waals surface area contributed by atoms with E-state index in [0.29, 0.717) is 11.9 Å². The van der Waals surface area contributed by atoms with E-state index >= 15 is 0 Å². The Morgan fingerprint density at radius 2 is 1.25 bits per heavy atom. The van der Waals surface area contributed by atoms with Crippen molar-refractivity contribution in [3.63, 3.8) is 0 Å². The molecule has 6 N–H and O–H groups in total. The molecule has 0 aromatic heterocycles. The Morgan fingerprint density at radius 1 is 0.875 bits per heavy atom. The van der Waals surface area contributed by atoms with E-state index < -0.39 is 34.6 Å². The van der Waals surface area contributed by atoms with E-state index in [4.69, 9.17) is 29.4 Å². The quantitative estimate of drug-likeness (QED) is 0.374. The molecule has 0 rings (SSSR count). The normalized spacial score (nSPS) is 14.9. The van der Waals surface area contributed by atoms with Crippen LogP contribution in [-0.2, 0) is 13.7 Å². The second-order valence-corrected chi connectivity index (χ2v) is 8.36. The molecular formula is C4H11O9P3. The van der Waals surface area contributed by atoms with Crippen LogP contribution >= 0.6 is 22.8 Å². The summed E-state index contributed by atoms with van der Waals surface area (Å²) in [5.41, 5.74) is 0. The van der Waals surface area contributed by atoms with Gasteiger partial charge in [0.05, 0.1) is 0 Å². The molecule has 0 atom stereocenters. The third-order valence-electron chi connectivity index (χ3n) is 1.42. The van der Waals surface area contributed by atoms with Gasteiger partial charge in [-0.2, -0.15) is 0 Å². The number of rotatable bonds is 5. The fourth-order valence-electron chi connectivity index (χ4n) is 0.790. The lowest BCUT2D eigenvalue weighted by atomic mass is 10.5. The van der Waals surface area contributed by atoms with Crippen LogP contribution in [0.25, 0.3) is 0 Å². The van der Waals surface area contributed by atoms with Gasteiger partial charge in [0.2, 0.25) is 0 Å². The van der Waals surface area contributed by atoms with Crippen LogP contribution in [-0.4, -0.2) is 34.8 Å². The second-order valence-electron chi connectivity index (χ2n) is 2.87. The van der Waals surface area contributed by atoms with Crippen LogP contribution in [0.5, 0.6) is 0 Å². The van der Waals surface area contributed by atoms with E-state index in [-0.39, 0.29) is 0 Å². The van der Waals surface area contributed by atoms with E-state index in [2.05, 4.69) is 0 Å². The van der Waals surface area contributed by atoms with Gasteiger partial charge >= 0.3 is 22.8 Å². The first-order chi connectivity index (χ1) is 6.84. The summed E-state index contributed by atoms with van der Waals surface area (Å²) < 4.78 is 31.7. The topological polar surface area (TPSA) is 173 Å². The molecule has 0 radical (unpaired) electrons. The zero-order valence-corrected chi connectivity index (χ0v) is 10.4. The molecule has 0 aromatic carbocycles. The van der Waals surface area contributed by atoms with Crippen LogP contribution in [0.2, 0.25) is 0 Å². The largest absolute Gasteiger partial charge is 0.348 e. The van der Waals surface area contributed by atoms with Crippen molar-refractivity contribution in [1.82, 2.24) is 0 Å². The summed E-state index contributed by atoms with van der Waals surface area (Å²) in [7, 11) is -14.6. The zero-order valence-electron chi connectivity index (χ0n) is 7.69. The standard InChI is InChI=1S/C4H11O9P3/c5-14(6,7)3-1-2-4(15(8,9)10)16(11,12)13/h1,3-4H,2H2,(H2,5,6,7)(H2,8,9,10)(H2,11,12,13)/b3-1+. The van der Waals surface area contributed by atoms with Crippen LogP contribution in [0, 0.1) is 0 Å². The minimum Gasteiger partial charge on any atom is -0.324 e. The summed E-state index contributed by atoms with van der Waals surface area (Å²) in [5.74, 6) is 0.325. The van der Waals surface area contributed by atoms with Gasteiger partial charge in [0.1, 0.15) is 0 Å². The molecule has 16 heavy (non-hydrogen) atoms. The average Bonchev–Trinajstić information content (AvgIpc) is 1.90. The number of hydrogen-bond donors (Lipinski definition) is 6. The number of allylic oxidation sites excluding steroid dienone is 1. The molecule has 12 heteroatoms. The molecule has 0 saturated heterocycles. The third kappa shape index (κ3) is 6.70. The monoisotopic (exact) mass is 296 g/mol. The zero-order chi connectivity index (χ0) is 13.2. The molecule has 96 valence electrons. The third-order valence-corrected chi connectivity index (χ3v) is 5.80. The summed E-state index contributed by atoms with van der Waals surface area (Å²) in [4.78, 5) is 51.3. The highest BCUT2D eigenvalue weighted by atomic mass is 31.2. The molecule has 0 aliphatic rings. The first-order valence-corrected chi connectivity index (χ1v) is 8.72. The Kier molecular flexibility index (Phi) is 5.29. The van der Waals surface area contributed by atoms with E-state index in [9.17, 15) is 13.7 Å². The summed E-state index contributed by atoms with van der Waals surface area (Å²) in [6.07, 6.45) is -0.205. The molecular weight excluding hydrogens is 285 g/mol. The van der Waals surface area contributed by atoms with Crippen molar-refractivity contribution in [2.45, 2.75) is 11.8 Å². The Balaban J connectivity index is 4.88. The summed E-state index contributed by atoms with van der Waals surface area (Å²) in [6.45, 7) is 0. The second kappa shape index (κ2) is 5.23. The highest BCUT2D eigenvalue weighted by Crippen LogP contribution is 2.61. The van der Waals surface area contributed by atoms with Crippen molar-refractivity contribution >= 4 is 22.8 Å². The Labute approximate surface area is 90.3 Å². The van der Waals surface area contributed by atoms with Crippen molar-refractivity contribution < 1.29 is 43.1 Å².